The van der Waals surface area contributed by atoms with E-state index in [0.29, 0.717) is 10.8 Å². The van der Waals surface area contributed by atoms with Crippen LogP contribution in [0.15, 0.2) is 71.9 Å². The molecule has 0 atom stereocenters. The van der Waals surface area contributed by atoms with E-state index in [2.05, 4.69) is 15.0 Å². The maximum Gasteiger partial charge on any atom is 0.261 e. The zero-order valence-corrected chi connectivity index (χ0v) is 17.0. The van der Waals surface area contributed by atoms with Crippen LogP contribution >= 0.6 is 11.6 Å². The van der Waals surface area contributed by atoms with Gasteiger partial charge in [0.25, 0.3) is 15.9 Å². The van der Waals surface area contributed by atoms with Crippen LogP contribution in [-0.4, -0.2) is 26.4 Å². The van der Waals surface area contributed by atoms with Gasteiger partial charge >= 0.3 is 0 Å². The number of hydrogen-bond donors (Lipinski definition) is 2. The van der Waals surface area contributed by atoms with Crippen molar-refractivity contribution in [2.24, 2.45) is 0 Å². The van der Waals surface area contributed by atoms with Gasteiger partial charge in [0.2, 0.25) is 0 Å². The van der Waals surface area contributed by atoms with Gasteiger partial charge in [-0.3, -0.25) is 14.5 Å². The fraction of sp³-hybridized carbons (Fsp3) is 0.100. The molecule has 9 heteroatoms. The first-order valence-corrected chi connectivity index (χ1v) is 10.4. The van der Waals surface area contributed by atoms with Gasteiger partial charge in [-0.25, -0.2) is 8.42 Å². The summed E-state index contributed by atoms with van der Waals surface area (Å²) in [4.78, 5) is 16.5. The van der Waals surface area contributed by atoms with E-state index in [1.54, 1.807) is 13.2 Å². The predicted molar refractivity (Wildman–Crippen MR) is 111 cm³/mol. The first-order valence-electron chi connectivity index (χ1n) is 8.52. The summed E-state index contributed by atoms with van der Waals surface area (Å²) in [5.41, 5.74) is 1.21. The molecular formula is C20H18ClN3O4S. The molecule has 1 heterocycles. The molecular weight excluding hydrogens is 414 g/mol. The molecule has 2 N–H and O–H groups in total. The predicted octanol–water partition coefficient (Wildman–Crippen LogP) is 3.47. The third-order valence-electron chi connectivity index (χ3n) is 4.01. The zero-order chi connectivity index (χ0) is 20.9. The van der Waals surface area contributed by atoms with Gasteiger partial charge < -0.3 is 10.1 Å². The minimum absolute atomic E-state index is 0.0490. The second-order valence-electron chi connectivity index (χ2n) is 6.02. The molecule has 0 aliphatic carbocycles. The van der Waals surface area contributed by atoms with Crippen molar-refractivity contribution in [2.45, 2.75) is 11.4 Å². The van der Waals surface area contributed by atoms with Crippen molar-refractivity contribution in [1.82, 2.24) is 10.3 Å². The number of carbonyl (C=O) groups is 1. The van der Waals surface area contributed by atoms with Crippen molar-refractivity contribution in [1.29, 1.82) is 0 Å². The molecule has 0 fully saturated rings. The number of rotatable bonds is 7. The van der Waals surface area contributed by atoms with Crippen molar-refractivity contribution in [3.8, 4) is 5.75 Å². The Morgan fingerprint density at radius 1 is 1.10 bits per heavy atom. The Kier molecular flexibility index (Phi) is 6.36. The third kappa shape index (κ3) is 5.24. The van der Waals surface area contributed by atoms with Crippen LogP contribution in [0.1, 0.15) is 15.9 Å². The number of pyridine rings is 1. The van der Waals surface area contributed by atoms with E-state index < -0.39 is 15.9 Å². The fourth-order valence-electron chi connectivity index (χ4n) is 2.57. The molecule has 0 spiro atoms. The fourth-order valence-corrected chi connectivity index (χ4v) is 3.73. The number of hydrogen-bond acceptors (Lipinski definition) is 5. The van der Waals surface area contributed by atoms with Gasteiger partial charge in [-0.2, -0.15) is 0 Å². The summed E-state index contributed by atoms with van der Waals surface area (Å²) in [5, 5.41) is 3.20. The Morgan fingerprint density at radius 2 is 1.83 bits per heavy atom. The molecule has 0 unspecified atom stereocenters. The molecule has 7 nitrogen and oxygen atoms in total. The molecule has 3 rings (SSSR count). The van der Waals surface area contributed by atoms with Crippen molar-refractivity contribution in [3.63, 3.8) is 0 Å². The van der Waals surface area contributed by atoms with Crippen LogP contribution in [0.3, 0.4) is 0 Å². The van der Waals surface area contributed by atoms with Gasteiger partial charge in [-0.1, -0.05) is 29.8 Å². The van der Waals surface area contributed by atoms with E-state index in [9.17, 15) is 13.2 Å². The number of anilines is 1. The van der Waals surface area contributed by atoms with E-state index in [0.717, 1.165) is 5.56 Å². The average Bonchev–Trinajstić information content (AvgIpc) is 2.72. The molecule has 1 aromatic heterocycles. The number of nitrogens with zero attached hydrogens (tertiary/aromatic N) is 1. The monoisotopic (exact) mass is 431 g/mol. The summed E-state index contributed by atoms with van der Waals surface area (Å²) in [6.45, 7) is 0.254. The number of halogens is 1. The highest BCUT2D eigenvalue weighted by Gasteiger charge is 2.16. The Hall–Kier alpha value is -3.10. The first kappa shape index (κ1) is 20.6. The SMILES string of the molecule is COc1ccccc1CNC(=O)c1cncc(NS(=O)(=O)c2ccc(Cl)cc2)c1. The number of methoxy groups -OCH3 is 1. The molecule has 0 bridgehead atoms. The highest BCUT2D eigenvalue weighted by molar-refractivity contribution is 7.92. The van der Waals surface area contributed by atoms with Gasteiger partial charge in [0.1, 0.15) is 5.75 Å². The van der Waals surface area contributed by atoms with Gasteiger partial charge in [0, 0.05) is 23.3 Å². The first-order chi connectivity index (χ1) is 13.9. The number of para-hydroxylation sites is 1. The summed E-state index contributed by atoms with van der Waals surface area (Å²) in [5.74, 6) is 0.270. The number of carbonyl (C=O) groups excluding carboxylic acids is 1. The second kappa shape index (κ2) is 8.93. The van der Waals surface area contributed by atoms with E-state index in [1.807, 2.05) is 18.2 Å². The lowest BCUT2D eigenvalue weighted by atomic mass is 10.2. The Bertz CT molecular complexity index is 1120. The largest absolute Gasteiger partial charge is 0.496 e. The van der Waals surface area contributed by atoms with E-state index in [-0.39, 0.29) is 22.7 Å². The molecule has 1 amide bonds. The maximum atomic E-state index is 12.5. The summed E-state index contributed by atoms with van der Waals surface area (Å²) in [7, 11) is -2.28. The summed E-state index contributed by atoms with van der Waals surface area (Å²) in [6, 6.07) is 14.5. The van der Waals surface area contributed by atoms with Gasteiger partial charge in [-0.15, -0.1) is 0 Å². The van der Waals surface area contributed by atoms with Gasteiger partial charge in [0.15, 0.2) is 0 Å². The summed E-state index contributed by atoms with van der Waals surface area (Å²) >= 11 is 5.79. The Morgan fingerprint density at radius 3 is 2.55 bits per heavy atom. The minimum atomic E-state index is -3.83. The molecule has 0 saturated heterocycles. The normalized spacial score (nSPS) is 11.0. The number of sulfonamides is 1. The van der Waals surface area contributed by atoms with Crippen LogP contribution in [-0.2, 0) is 16.6 Å². The lowest BCUT2D eigenvalue weighted by molar-refractivity contribution is 0.0950. The van der Waals surface area contributed by atoms with Crippen molar-refractivity contribution in [2.75, 3.05) is 11.8 Å². The molecule has 0 saturated carbocycles. The molecule has 0 aliphatic rings. The number of aromatic nitrogens is 1. The van der Waals surface area contributed by atoms with Crippen molar-refractivity contribution in [3.05, 3.63) is 83.1 Å². The molecule has 150 valence electrons. The highest BCUT2D eigenvalue weighted by Crippen LogP contribution is 2.19. The number of amides is 1. The standard InChI is InChI=1S/C20H18ClN3O4S/c1-28-19-5-3-2-4-14(19)12-23-20(25)15-10-17(13-22-11-15)24-29(26,27)18-8-6-16(21)7-9-18/h2-11,13,24H,12H2,1H3,(H,23,25). The van der Waals surface area contributed by atoms with Crippen LogP contribution in [0.2, 0.25) is 5.02 Å². The highest BCUT2D eigenvalue weighted by atomic mass is 35.5. The average molecular weight is 432 g/mol. The van der Waals surface area contributed by atoms with Crippen molar-refractivity contribution >= 4 is 33.2 Å². The third-order valence-corrected chi connectivity index (χ3v) is 5.66. The number of benzene rings is 2. The summed E-state index contributed by atoms with van der Waals surface area (Å²) < 4.78 is 32.6. The Labute approximate surface area is 173 Å². The van der Waals surface area contributed by atoms with E-state index in [4.69, 9.17) is 16.3 Å². The molecule has 3 aromatic rings. The summed E-state index contributed by atoms with van der Waals surface area (Å²) in [6.07, 6.45) is 2.68. The van der Waals surface area contributed by atoms with Crippen LogP contribution < -0.4 is 14.8 Å². The van der Waals surface area contributed by atoms with Gasteiger partial charge in [0.05, 0.1) is 29.5 Å². The molecule has 2 aromatic carbocycles. The van der Waals surface area contributed by atoms with E-state index >= 15 is 0 Å². The van der Waals surface area contributed by atoms with Crippen LogP contribution in [0.4, 0.5) is 5.69 Å². The molecule has 29 heavy (non-hydrogen) atoms. The molecule has 0 radical (unpaired) electrons. The smallest absolute Gasteiger partial charge is 0.261 e. The lowest BCUT2D eigenvalue weighted by Crippen LogP contribution is -2.23. The van der Waals surface area contributed by atoms with Crippen LogP contribution in [0.5, 0.6) is 5.75 Å². The van der Waals surface area contributed by atoms with Gasteiger partial charge in [-0.05, 0) is 36.4 Å². The Balaban J connectivity index is 1.71. The van der Waals surface area contributed by atoms with Crippen LogP contribution in [0, 0.1) is 0 Å². The zero-order valence-electron chi connectivity index (χ0n) is 15.4. The minimum Gasteiger partial charge on any atom is -0.496 e. The van der Waals surface area contributed by atoms with E-state index in [1.165, 1.54) is 42.7 Å². The van der Waals surface area contributed by atoms with Crippen LogP contribution in [0.25, 0.3) is 0 Å². The second-order valence-corrected chi connectivity index (χ2v) is 8.14. The molecule has 0 aliphatic heterocycles. The van der Waals surface area contributed by atoms with Crippen molar-refractivity contribution < 1.29 is 17.9 Å². The lowest BCUT2D eigenvalue weighted by Gasteiger charge is -2.11. The topological polar surface area (TPSA) is 97.4 Å². The quantitative estimate of drug-likeness (QED) is 0.597. The number of nitrogens with one attached hydrogen (secondary N) is 2. The number of ether oxygens (including phenoxy) is 1. The maximum absolute atomic E-state index is 12.5.